The largest absolute Gasteiger partial charge is 0.481 e. The van der Waals surface area contributed by atoms with Gasteiger partial charge in [-0.3, -0.25) is 14.4 Å². The van der Waals surface area contributed by atoms with Gasteiger partial charge in [-0.05, 0) is 40.2 Å². The van der Waals surface area contributed by atoms with Crippen LogP contribution in [0, 0.1) is 20.8 Å². The molecule has 0 radical (unpaired) electrons. The zero-order valence-electron chi connectivity index (χ0n) is 16.4. The number of thiazole rings is 1. The highest BCUT2D eigenvalue weighted by Gasteiger charge is 2.26. The van der Waals surface area contributed by atoms with Crippen LogP contribution < -0.4 is 5.56 Å². The molecule has 146 valence electrons. The Morgan fingerprint density at radius 2 is 1.85 bits per heavy atom. The van der Waals surface area contributed by atoms with Crippen molar-refractivity contribution in [3.8, 4) is 10.6 Å². The molecule has 0 atom stereocenters. The van der Waals surface area contributed by atoms with Crippen molar-refractivity contribution in [3.05, 3.63) is 32.2 Å². The van der Waals surface area contributed by atoms with Crippen LogP contribution in [0.25, 0.3) is 10.6 Å². The summed E-state index contributed by atoms with van der Waals surface area (Å²) in [5, 5.41) is 13.6. The number of hydrogen-bond donors (Lipinski definition) is 1. The van der Waals surface area contributed by atoms with Crippen molar-refractivity contribution in [2.75, 3.05) is 6.54 Å². The van der Waals surface area contributed by atoms with E-state index in [1.807, 2.05) is 27.7 Å². The van der Waals surface area contributed by atoms with E-state index in [4.69, 9.17) is 5.11 Å². The standard InChI is InChI=1S/C18H24N4O4S/c1-9(2)22(8-7-13(23)24)18(26)15-12(5)19-16(27-15)14-10(3)11(4)20-21(6)17(14)25/h9H,7-8H2,1-6H3,(H,23,24). The van der Waals surface area contributed by atoms with Crippen molar-refractivity contribution in [2.24, 2.45) is 7.05 Å². The van der Waals surface area contributed by atoms with Gasteiger partial charge in [-0.15, -0.1) is 11.3 Å². The summed E-state index contributed by atoms with van der Waals surface area (Å²) in [6.45, 7) is 9.14. The van der Waals surface area contributed by atoms with E-state index in [2.05, 4.69) is 10.1 Å². The molecule has 8 nitrogen and oxygen atoms in total. The van der Waals surface area contributed by atoms with Crippen LogP contribution >= 0.6 is 11.3 Å². The zero-order chi connectivity index (χ0) is 20.5. The van der Waals surface area contributed by atoms with Crippen molar-refractivity contribution >= 4 is 23.2 Å². The molecule has 2 aromatic rings. The summed E-state index contributed by atoms with van der Waals surface area (Å²) in [6.07, 6.45) is -0.127. The van der Waals surface area contributed by atoms with Crippen molar-refractivity contribution in [1.82, 2.24) is 19.7 Å². The predicted molar refractivity (Wildman–Crippen MR) is 103 cm³/mol. The van der Waals surface area contributed by atoms with Gasteiger partial charge >= 0.3 is 5.97 Å². The number of carboxylic acids is 1. The topological polar surface area (TPSA) is 105 Å². The lowest BCUT2D eigenvalue weighted by atomic mass is 10.1. The average Bonchev–Trinajstić information content (AvgIpc) is 2.94. The summed E-state index contributed by atoms with van der Waals surface area (Å²) in [5.74, 6) is -1.23. The van der Waals surface area contributed by atoms with E-state index in [0.717, 1.165) is 22.6 Å². The first-order valence-corrected chi connectivity index (χ1v) is 9.41. The van der Waals surface area contributed by atoms with Crippen molar-refractivity contribution in [3.63, 3.8) is 0 Å². The van der Waals surface area contributed by atoms with Crippen molar-refractivity contribution < 1.29 is 14.7 Å². The number of carboxylic acid groups (broad SMARTS) is 1. The molecule has 0 spiro atoms. The average molecular weight is 392 g/mol. The van der Waals surface area contributed by atoms with Crippen molar-refractivity contribution in [1.29, 1.82) is 0 Å². The van der Waals surface area contributed by atoms with E-state index in [-0.39, 0.29) is 30.5 Å². The van der Waals surface area contributed by atoms with Crippen LogP contribution in [0.5, 0.6) is 0 Å². The van der Waals surface area contributed by atoms with Crippen LogP contribution in [0.3, 0.4) is 0 Å². The Morgan fingerprint density at radius 3 is 2.41 bits per heavy atom. The van der Waals surface area contributed by atoms with Crippen LogP contribution in [0.15, 0.2) is 4.79 Å². The maximum Gasteiger partial charge on any atom is 0.305 e. The molecule has 2 aromatic heterocycles. The minimum atomic E-state index is -0.957. The second-order valence-electron chi connectivity index (χ2n) is 6.68. The van der Waals surface area contributed by atoms with Crippen LogP contribution in [-0.2, 0) is 11.8 Å². The molecule has 0 aliphatic rings. The molecule has 1 N–H and O–H groups in total. The van der Waals surface area contributed by atoms with E-state index >= 15 is 0 Å². The molecule has 0 aromatic carbocycles. The smallest absolute Gasteiger partial charge is 0.305 e. The summed E-state index contributed by atoms with van der Waals surface area (Å²) in [4.78, 5) is 42.8. The first-order valence-electron chi connectivity index (χ1n) is 8.59. The zero-order valence-corrected chi connectivity index (χ0v) is 17.2. The Balaban J connectivity index is 2.49. The fraction of sp³-hybridized carbons (Fsp3) is 0.500. The monoisotopic (exact) mass is 392 g/mol. The van der Waals surface area contributed by atoms with Gasteiger partial charge in [0.15, 0.2) is 0 Å². The number of carbonyl (C=O) groups excluding carboxylic acids is 1. The summed E-state index contributed by atoms with van der Waals surface area (Å²) < 4.78 is 1.27. The fourth-order valence-electron chi connectivity index (χ4n) is 2.74. The quantitative estimate of drug-likeness (QED) is 0.807. The summed E-state index contributed by atoms with van der Waals surface area (Å²) in [5.41, 5.74) is 2.16. The molecule has 0 bridgehead atoms. The second kappa shape index (κ2) is 7.99. The molecule has 0 saturated carbocycles. The van der Waals surface area contributed by atoms with Gasteiger partial charge in [-0.2, -0.15) is 5.10 Å². The Bertz CT molecular complexity index is 946. The van der Waals surface area contributed by atoms with Crippen molar-refractivity contribution in [2.45, 2.75) is 47.1 Å². The Hall–Kier alpha value is -2.55. The molecular formula is C18H24N4O4S. The molecule has 0 fully saturated rings. The Morgan fingerprint density at radius 1 is 1.22 bits per heavy atom. The normalized spacial score (nSPS) is 11.1. The van der Waals surface area contributed by atoms with E-state index in [9.17, 15) is 14.4 Å². The van der Waals surface area contributed by atoms with Gasteiger partial charge in [0.2, 0.25) is 0 Å². The molecule has 0 aliphatic carbocycles. The van der Waals surface area contributed by atoms with Gasteiger partial charge in [-0.1, -0.05) is 0 Å². The Kier molecular flexibility index (Phi) is 6.15. The molecule has 0 aliphatic heterocycles. The highest BCUT2D eigenvalue weighted by atomic mass is 32.1. The molecule has 2 rings (SSSR count). The number of rotatable bonds is 6. The van der Waals surface area contributed by atoms with Gasteiger partial charge in [0, 0.05) is 19.6 Å². The lowest BCUT2D eigenvalue weighted by molar-refractivity contribution is -0.137. The maximum absolute atomic E-state index is 13.0. The molecule has 0 saturated heterocycles. The lowest BCUT2D eigenvalue weighted by Crippen LogP contribution is -2.38. The van der Waals surface area contributed by atoms with E-state index < -0.39 is 5.97 Å². The number of aromatic nitrogens is 3. The lowest BCUT2D eigenvalue weighted by Gasteiger charge is -2.25. The highest BCUT2D eigenvalue weighted by Crippen LogP contribution is 2.29. The second-order valence-corrected chi connectivity index (χ2v) is 7.68. The van der Waals surface area contributed by atoms with E-state index in [1.165, 1.54) is 9.58 Å². The minimum Gasteiger partial charge on any atom is -0.481 e. The SMILES string of the molecule is Cc1nc(-c2c(C)c(C)nn(C)c2=O)sc1C(=O)N(CCC(=O)O)C(C)C. The number of hydrogen-bond acceptors (Lipinski definition) is 6. The predicted octanol–water partition coefficient (Wildman–Crippen LogP) is 2.15. The maximum atomic E-state index is 13.0. The van der Waals surface area contributed by atoms with Crippen LogP contribution in [-0.4, -0.2) is 49.2 Å². The van der Waals surface area contributed by atoms with Gasteiger partial charge in [0.05, 0.1) is 23.4 Å². The number of aliphatic carboxylic acids is 1. The van der Waals surface area contributed by atoms with E-state index in [1.54, 1.807) is 14.0 Å². The molecule has 0 unspecified atom stereocenters. The number of carbonyl (C=O) groups is 2. The molecule has 2 heterocycles. The molecule has 9 heteroatoms. The van der Waals surface area contributed by atoms with Gasteiger partial charge in [0.25, 0.3) is 11.5 Å². The van der Waals surface area contributed by atoms with Crippen LogP contribution in [0.4, 0.5) is 0 Å². The number of nitrogens with zero attached hydrogens (tertiary/aromatic N) is 4. The van der Waals surface area contributed by atoms with Crippen LogP contribution in [0.2, 0.25) is 0 Å². The highest BCUT2D eigenvalue weighted by molar-refractivity contribution is 7.17. The fourth-order valence-corrected chi connectivity index (χ4v) is 3.86. The van der Waals surface area contributed by atoms with E-state index in [0.29, 0.717) is 21.1 Å². The Labute approximate surface area is 161 Å². The third kappa shape index (κ3) is 4.24. The molecular weight excluding hydrogens is 368 g/mol. The third-order valence-corrected chi connectivity index (χ3v) is 5.54. The summed E-state index contributed by atoms with van der Waals surface area (Å²) >= 11 is 1.16. The molecule has 1 amide bonds. The number of aryl methyl sites for hydroxylation is 3. The van der Waals surface area contributed by atoms with Gasteiger partial charge in [0.1, 0.15) is 9.88 Å². The first kappa shape index (κ1) is 20.8. The van der Waals surface area contributed by atoms with Gasteiger partial charge in [-0.25, -0.2) is 9.67 Å². The first-order chi connectivity index (χ1) is 12.5. The third-order valence-electron chi connectivity index (χ3n) is 4.38. The van der Waals surface area contributed by atoms with Gasteiger partial charge < -0.3 is 10.0 Å². The minimum absolute atomic E-state index is 0.119. The van der Waals surface area contributed by atoms with Crippen LogP contribution in [0.1, 0.15) is 46.9 Å². The molecule has 27 heavy (non-hydrogen) atoms. The number of amides is 1. The summed E-state index contributed by atoms with van der Waals surface area (Å²) in [6, 6.07) is -0.153. The summed E-state index contributed by atoms with van der Waals surface area (Å²) in [7, 11) is 1.58.